The van der Waals surface area contributed by atoms with Crippen molar-refractivity contribution >= 4 is 6.29 Å². The third-order valence-electron chi connectivity index (χ3n) is 2.30. The second-order valence-corrected chi connectivity index (χ2v) is 5.03. The van der Waals surface area contributed by atoms with Gasteiger partial charge in [-0.2, -0.15) is 0 Å². The van der Waals surface area contributed by atoms with Gasteiger partial charge in [-0.25, -0.2) is 0 Å². The van der Waals surface area contributed by atoms with Gasteiger partial charge in [0.15, 0.2) is 17.8 Å². The van der Waals surface area contributed by atoms with Gasteiger partial charge < -0.3 is 14.2 Å². The summed E-state index contributed by atoms with van der Waals surface area (Å²) < 4.78 is 16.6. The molecule has 4 nitrogen and oxygen atoms in total. The number of para-hydroxylation sites is 1. The van der Waals surface area contributed by atoms with Crippen molar-refractivity contribution in [2.45, 2.75) is 33.3 Å². The van der Waals surface area contributed by atoms with Gasteiger partial charge in [0, 0.05) is 0 Å². The van der Waals surface area contributed by atoms with E-state index in [0.717, 1.165) is 6.29 Å². The summed E-state index contributed by atoms with van der Waals surface area (Å²) in [5.74, 6) is 1.07. The van der Waals surface area contributed by atoms with Gasteiger partial charge >= 0.3 is 0 Å². The van der Waals surface area contributed by atoms with Crippen LogP contribution >= 0.6 is 0 Å². The average Bonchev–Trinajstić information content (AvgIpc) is 2.35. The molecule has 0 atom stereocenters. The van der Waals surface area contributed by atoms with Crippen LogP contribution in [0.2, 0.25) is 0 Å². The maximum atomic E-state index is 11.0. The lowest BCUT2D eigenvalue weighted by molar-refractivity contribution is -0.0166. The summed E-state index contributed by atoms with van der Waals surface area (Å²) in [5, 5.41) is 0. The van der Waals surface area contributed by atoms with Crippen LogP contribution < -0.4 is 9.47 Å². The Morgan fingerprint density at radius 3 is 2.47 bits per heavy atom. The zero-order chi connectivity index (χ0) is 14.3. The smallest absolute Gasteiger partial charge is 0.171 e. The van der Waals surface area contributed by atoms with Gasteiger partial charge in [-0.15, -0.1) is 0 Å². The van der Waals surface area contributed by atoms with E-state index < -0.39 is 0 Å². The van der Waals surface area contributed by atoms with Crippen molar-refractivity contribution in [2.24, 2.45) is 0 Å². The van der Waals surface area contributed by atoms with E-state index in [1.807, 2.05) is 27.7 Å². The first kappa shape index (κ1) is 15.5. The second-order valence-electron chi connectivity index (χ2n) is 5.03. The fourth-order valence-electron chi connectivity index (χ4n) is 1.54. The lowest BCUT2D eigenvalue weighted by Crippen LogP contribution is -2.22. The summed E-state index contributed by atoms with van der Waals surface area (Å²) in [6.45, 7) is 9.20. The molecule has 1 aromatic rings. The van der Waals surface area contributed by atoms with E-state index in [0.29, 0.717) is 36.9 Å². The van der Waals surface area contributed by atoms with Crippen LogP contribution in [-0.4, -0.2) is 31.7 Å². The van der Waals surface area contributed by atoms with Crippen LogP contribution in [0.4, 0.5) is 0 Å². The van der Waals surface area contributed by atoms with E-state index >= 15 is 0 Å². The van der Waals surface area contributed by atoms with Gasteiger partial charge in [-0.1, -0.05) is 6.07 Å². The van der Waals surface area contributed by atoms with Gasteiger partial charge in [0.25, 0.3) is 0 Å². The molecule has 1 rings (SSSR count). The summed E-state index contributed by atoms with van der Waals surface area (Å²) in [4.78, 5) is 11.0. The Balaban J connectivity index is 2.67. The topological polar surface area (TPSA) is 44.8 Å². The van der Waals surface area contributed by atoms with Crippen molar-refractivity contribution in [3.05, 3.63) is 23.8 Å². The molecule has 0 unspecified atom stereocenters. The van der Waals surface area contributed by atoms with Crippen molar-refractivity contribution in [2.75, 3.05) is 19.8 Å². The number of carbonyl (C=O) groups excluding carboxylic acids is 1. The van der Waals surface area contributed by atoms with E-state index in [1.54, 1.807) is 18.2 Å². The molecular formula is C15H22O4. The Labute approximate surface area is 114 Å². The molecule has 0 aliphatic rings. The highest BCUT2D eigenvalue weighted by Crippen LogP contribution is 2.30. The van der Waals surface area contributed by atoms with Gasteiger partial charge in [0.2, 0.25) is 0 Å². The zero-order valence-corrected chi connectivity index (χ0v) is 12.1. The Morgan fingerprint density at radius 1 is 1.16 bits per heavy atom. The Morgan fingerprint density at radius 2 is 1.89 bits per heavy atom. The Bertz CT molecular complexity index is 407. The number of benzene rings is 1. The highest BCUT2D eigenvalue weighted by molar-refractivity contribution is 5.81. The average molecular weight is 266 g/mol. The molecule has 0 heterocycles. The van der Waals surface area contributed by atoms with Gasteiger partial charge in [0.05, 0.1) is 24.4 Å². The molecule has 0 radical (unpaired) electrons. The lowest BCUT2D eigenvalue weighted by Gasteiger charge is -2.20. The van der Waals surface area contributed by atoms with Crippen LogP contribution in [0.5, 0.6) is 11.5 Å². The predicted octanol–water partition coefficient (Wildman–Crippen LogP) is 3.09. The minimum absolute atomic E-state index is 0.198. The summed E-state index contributed by atoms with van der Waals surface area (Å²) in [5.41, 5.74) is 0.290. The summed E-state index contributed by atoms with van der Waals surface area (Å²) >= 11 is 0. The standard InChI is InChI=1S/C15H22O4/c1-5-17-13-8-6-7-12(11-16)14(13)18-9-10-19-15(2,3)4/h6-8,11H,5,9-10H2,1-4H3. The summed E-state index contributed by atoms with van der Waals surface area (Å²) in [6, 6.07) is 5.26. The minimum atomic E-state index is -0.198. The molecule has 0 saturated carbocycles. The maximum Gasteiger partial charge on any atom is 0.171 e. The molecule has 106 valence electrons. The van der Waals surface area contributed by atoms with Crippen LogP contribution in [0, 0.1) is 0 Å². The monoisotopic (exact) mass is 266 g/mol. The Kier molecular flexibility index (Phi) is 5.83. The first-order valence-electron chi connectivity index (χ1n) is 6.45. The van der Waals surface area contributed by atoms with Crippen LogP contribution in [0.1, 0.15) is 38.1 Å². The molecular weight excluding hydrogens is 244 g/mol. The fraction of sp³-hybridized carbons (Fsp3) is 0.533. The van der Waals surface area contributed by atoms with Crippen LogP contribution in [0.3, 0.4) is 0 Å². The third kappa shape index (κ3) is 5.30. The van der Waals surface area contributed by atoms with Crippen LogP contribution in [0.25, 0.3) is 0 Å². The number of carbonyl (C=O) groups is 1. The third-order valence-corrected chi connectivity index (χ3v) is 2.30. The van der Waals surface area contributed by atoms with Crippen molar-refractivity contribution in [3.63, 3.8) is 0 Å². The number of rotatable bonds is 7. The molecule has 0 aliphatic carbocycles. The first-order chi connectivity index (χ1) is 8.98. The highest BCUT2D eigenvalue weighted by atomic mass is 16.5. The largest absolute Gasteiger partial charge is 0.490 e. The molecule has 1 aromatic carbocycles. The fourth-order valence-corrected chi connectivity index (χ4v) is 1.54. The van der Waals surface area contributed by atoms with Gasteiger partial charge in [-0.3, -0.25) is 4.79 Å². The summed E-state index contributed by atoms with van der Waals surface area (Å²) in [6.07, 6.45) is 0.766. The Hall–Kier alpha value is -1.55. The maximum absolute atomic E-state index is 11.0. The number of hydrogen-bond donors (Lipinski definition) is 0. The number of ether oxygens (including phenoxy) is 3. The molecule has 0 N–H and O–H groups in total. The van der Waals surface area contributed by atoms with Crippen molar-refractivity contribution in [3.8, 4) is 11.5 Å². The molecule has 0 saturated heterocycles. The predicted molar refractivity (Wildman–Crippen MR) is 74.2 cm³/mol. The molecule has 0 bridgehead atoms. The van der Waals surface area contributed by atoms with Gasteiger partial charge in [-0.05, 0) is 39.8 Å². The van der Waals surface area contributed by atoms with Crippen molar-refractivity contribution in [1.82, 2.24) is 0 Å². The van der Waals surface area contributed by atoms with Crippen LogP contribution in [-0.2, 0) is 4.74 Å². The van der Waals surface area contributed by atoms with E-state index in [1.165, 1.54) is 0 Å². The highest BCUT2D eigenvalue weighted by Gasteiger charge is 2.12. The number of aldehydes is 1. The van der Waals surface area contributed by atoms with Crippen molar-refractivity contribution < 1.29 is 19.0 Å². The zero-order valence-electron chi connectivity index (χ0n) is 12.1. The minimum Gasteiger partial charge on any atom is -0.490 e. The molecule has 0 amide bonds. The summed E-state index contributed by atoms with van der Waals surface area (Å²) in [7, 11) is 0. The molecule has 19 heavy (non-hydrogen) atoms. The number of hydrogen-bond acceptors (Lipinski definition) is 4. The van der Waals surface area contributed by atoms with Gasteiger partial charge in [0.1, 0.15) is 6.61 Å². The van der Waals surface area contributed by atoms with Crippen LogP contribution in [0.15, 0.2) is 18.2 Å². The first-order valence-corrected chi connectivity index (χ1v) is 6.45. The van der Waals surface area contributed by atoms with E-state index in [-0.39, 0.29) is 5.60 Å². The van der Waals surface area contributed by atoms with E-state index in [2.05, 4.69) is 0 Å². The van der Waals surface area contributed by atoms with Crippen molar-refractivity contribution in [1.29, 1.82) is 0 Å². The van der Waals surface area contributed by atoms with E-state index in [4.69, 9.17) is 14.2 Å². The second kappa shape index (κ2) is 7.14. The normalized spacial score (nSPS) is 11.2. The van der Waals surface area contributed by atoms with E-state index in [9.17, 15) is 4.79 Å². The quantitative estimate of drug-likeness (QED) is 0.562. The SMILES string of the molecule is CCOc1cccc(C=O)c1OCCOC(C)(C)C. The molecule has 4 heteroatoms. The lowest BCUT2D eigenvalue weighted by atomic mass is 10.2. The molecule has 0 fully saturated rings. The molecule has 0 aliphatic heterocycles. The molecule has 0 spiro atoms. The molecule has 0 aromatic heterocycles.